The molecule has 4 rings (SSSR count). The Morgan fingerprint density at radius 3 is 2.67 bits per heavy atom. The topological polar surface area (TPSA) is 133 Å². The number of rotatable bonds is 11. The first-order valence-corrected chi connectivity index (χ1v) is 14.1. The number of nitrogens with zero attached hydrogens (tertiary/aromatic N) is 2. The van der Waals surface area contributed by atoms with Crippen LogP contribution in [-0.2, 0) is 11.3 Å². The van der Waals surface area contributed by atoms with E-state index in [0.717, 1.165) is 20.2 Å². The highest BCUT2D eigenvalue weighted by Crippen LogP contribution is 2.38. The number of aliphatic hydroxyl groups excluding tert-OH is 2. The molecular formula is C27H32N4O6S2. The van der Waals surface area contributed by atoms with E-state index in [0.29, 0.717) is 54.9 Å². The predicted octanol–water partition coefficient (Wildman–Crippen LogP) is 2.78. The van der Waals surface area contributed by atoms with Crippen molar-refractivity contribution >= 4 is 40.0 Å². The maximum Gasteiger partial charge on any atom is 0.257 e. The second-order valence-corrected chi connectivity index (χ2v) is 11.3. The number of carbonyl (C=O) groups is 2. The summed E-state index contributed by atoms with van der Waals surface area (Å²) in [6.45, 7) is 4.60. The van der Waals surface area contributed by atoms with Crippen LogP contribution in [-0.4, -0.2) is 84.6 Å². The third-order valence-corrected chi connectivity index (χ3v) is 8.25. The van der Waals surface area contributed by atoms with E-state index in [4.69, 9.17) is 14.6 Å². The Bertz CT molecular complexity index is 1280. The van der Waals surface area contributed by atoms with Gasteiger partial charge in [0.2, 0.25) is 0 Å². The summed E-state index contributed by atoms with van der Waals surface area (Å²) in [5, 5.41) is 24.6. The van der Waals surface area contributed by atoms with E-state index in [1.54, 1.807) is 30.3 Å². The van der Waals surface area contributed by atoms with E-state index in [9.17, 15) is 14.7 Å². The standard InChI is InChI=1S/C27H32N4O6S2/c1-17-11-22(36-2)21(26(35)31-7-9-37-10-8-31)12-23(17)38-24-15-29-27(39-24)30-25(34)19-5-3-18(4-6-19)13-28-14-20(33)16-32/h3-6,11-12,15,20,28,32-33H,7-10,13-14,16H2,1-2H3,(H,29,30,34)/t20-/m1/s1. The van der Waals surface area contributed by atoms with Gasteiger partial charge >= 0.3 is 0 Å². The lowest BCUT2D eigenvalue weighted by atomic mass is 10.1. The van der Waals surface area contributed by atoms with Gasteiger partial charge in [-0.15, -0.1) is 0 Å². The maximum atomic E-state index is 13.2. The summed E-state index contributed by atoms with van der Waals surface area (Å²) in [5.74, 6) is 0.184. The smallest absolute Gasteiger partial charge is 0.257 e. The molecule has 12 heteroatoms. The fourth-order valence-electron chi connectivity index (χ4n) is 3.91. The molecule has 1 aromatic heterocycles. The molecule has 2 amide bonds. The predicted molar refractivity (Wildman–Crippen MR) is 150 cm³/mol. The van der Waals surface area contributed by atoms with Crippen molar-refractivity contribution in [1.82, 2.24) is 15.2 Å². The number of benzene rings is 2. The Kier molecular flexibility index (Phi) is 10.3. The zero-order valence-corrected chi connectivity index (χ0v) is 23.4. The third kappa shape index (κ3) is 7.78. The molecule has 1 saturated heterocycles. The number of aliphatic hydroxyl groups is 2. The third-order valence-electron chi connectivity index (χ3n) is 6.08. The van der Waals surface area contributed by atoms with Gasteiger partial charge in [0.05, 0.1) is 49.0 Å². The van der Waals surface area contributed by atoms with Gasteiger partial charge in [-0.25, -0.2) is 4.98 Å². The molecule has 0 saturated carbocycles. The molecule has 0 spiro atoms. The lowest BCUT2D eigenvalue weighted by Crippen LogP contribution is -2.40. The molecule has 2 heterocycles. The molecule has 0 bridgehead atoms. The summed E-state index contributed by atoms with van der Waals surface area (Å²) in [4.78, 5) is 32.9. The van der Waals surface area contributed by atoms with E-state index < -0.39 is 6.10 Å². The van der Waals surface area contributed by atoms with Crippen LogP contribution in [0.1, 0.15) is 31.8 Å². The van der Waals surface area contributed by atoms with Gasteiger partial charge in [0, 0.05) is 36.6 Å². The van der Waals surface area contributed by atoms with Crippen molar-refractivity contribution in [3.63, 3.8) is 0 Å². The molecule has 3 aromatic rings. The highest BCUT2D eigenvalue weighted by atomic mass is 32.2. The van der Waals surface area contributed by atoms with Gasteiger partial charge in [-0.3, -0.25) is 14.9 Å². The number of aromatic nitrogens is 1. The van der Waals surface area contributed by atoms with Gasteiger partial charge < -0.3 is 29.9 Å². The monoisotopic (exact) mass is 572 g/mol. The normalized spacial score (nSPS) is 14.2. The zero-order chi connectivity index (χ0) is 27.8. The van der Waals surface area contributed by atoms with Crippen molar-refractivity contribution in [3.05, 3.63) is 64.8 Å². The number of hydrogen-bond acceptors (Lipinski definition) is 10. The maximum absolute atomic E-state index is 13.2. The summed E-state index contributed by atoms with van der Waals surface area (Å²) in [7, 11) is 1.56. The molecule has 1 aliphatic rings. The molecule has 208 valence electrons. The van der Waals surface area contributed by atoms with Crippen LogP contribution in [0.2, 0.25) is 0 Å². The van der Waals surface area contributed by atoms with E-state index in [2.05, 4.69) is 15.6 Å². The zero-order valence-electron chi connectivity index (χ0n) is 21.8. The number of ether oxygens (including phenoxy) is 2. The Morgan fingerprint density at radius 1 is 1.23 bits per heavy atom. The molecule has 1 fully saturated rings. The van der Waals surface area contributed by atoms with E-state index in [-0.39, 0.29) is 25.0 Å². The average molecular weight is 573 g/mol. The first kappa shape index (κ1) is 29.0. The van der Waals surface area contributed by atoms with Gasteiger partial charge in [-0.1, -0.05) is 35.2 Å². The number of thiazole rings is 1. The molecule has 1 aliphatic heterocycles. The molecule has 1 atom stereocenters. The second-order valence-electron chi connectivity index (χ2n) is 8.93. The summed E-state index contributed by atoms with van der Waals surface area (Å²) in [6.07, 6.45) is 0.901. The van der Waals surface area contributed by atoms with Crippen molar-refractivity contribution in [2.75, 3.05) is 51.9 Å². The van der Waals surface area contributed by atoms with Crippen molar-refractivity contribution in [2.24, 2.45) is 0 Å². The fraction of sp³-hybridized carbons (Fsp3) is 0.370. The number of carbonyl (C=O) groups excluding carboxylic acids is 2. The molecule has 0 unspecified atom stereocenters. The Balaban J connectivity index is 1.39. The number of anilines is 1. The molecule has 39 heavy (non-hydrogen) atoms. The van der Waals surface area contributed by atoms with Crippen molar-refractivity contribution in [2.45, 2.75) is 28.7 Å². The van der Waals surface area contributed by atoms with Crippen LogP contribution in [0.25, 0.3) is 0 Å². The Labute approximate surface area is 235 Å². The highest BCUT2D eigenvalue weighted by Gasteiger charge is 2.23. The average Bonchev–Trinajstić information content (AvgIpc) is 3.40. The first-order chi connectivity index (χ1) is 18.9. The minimum atomic E-state index is -0.801. The van der Waals surface area contributed by atoms with E-state index >= 15 is 0 Å². The minimum absolute atomic E-state index is 0.0844. The summed E-state index contributed by atoms with van der Waals surface area (Å²) in [5.41, 5.74) is 2.92. The SMILES string of the molecule is COc1cc(C)c(Sc2cnc(NC(=O)c3ccc(CNC[C@@H](O)CO)cc3)s2)cc1C(=O)N1CCOCC1. The van der Waals surface area contributed by atoms with Crippen LogP contribution in [0.15, 0.2) is 51.7 Å². The molecule has 2 aromatic carbocycles. The van der Waals surface area contributed by atoms with Crippen LogP contribution >= 0.6 is 23.1 Å². The molecule has 0 radical (unpaired) electrons. The lowest BCUT2D eigenvalue weighted by Gasteiger charge is -2.27. The quantitative estimate of drug-likeness (QED) is 0.274. The van der Waals surface area contributed by atoms with Crippen LogP contribution < -0.4 is 15.4 Å². The van der Waals surface area contributed by atoms with Crippen LogP contribution in [0.5, 0.6) is 5.75 Å². The van der Waals surface area contributed by atoms with E-state index in [1.807, 2.05) is 31.2 Å². The highest BCUT2D eigenvalue weighted by molar-refractivity contribution is 8.01. The van der Waals surface area contributed by atoms with Gasteiger partial charge in [-0.05, 0) is 42.3 Å². The molecule has 4 N–H and O–H groups in total. The molecular weight excluding hydrogens is 540 g/mol. The first-order valence-electron chi connectivity index (χ1n) is 12.5. The number of nitrogens with one attached hydrogen (secondary N) is 2. The number of morpholine rings is 1. The van der Waals surface area contributed by atoms with Crippen LogP contribution in [0.4, 0.5) is 5.13 Å². The minimum Gasteiger partial charge on any atom is -0.496 e. The van der Waals surface area contributed by atoms with Gasteiger partial charge in [-0.2, -0.15) is 0 Å². The lowest BCUT2D eigenvalue weighted by molar-refractivity contribution is 0.0300. The number of methoxy groups -OCH3 is 1. The number of amides is 2. The Hall–Kier alpha value is -3.00. The molecule has 10 nitrogen and oxygen atoms in total. The second kappa shape index (κ2) is 13.9. The largest absolute Gasteiger partial charge is 0.496 e. The van der Waals surface area contributed by atoms with Crippen molar-refractivity contribution < 1.29 is 29.3 Å². The molecule has 0 aliphatic carbocycles. The van der Waals surface area contributed by atoms with Crippen LogP contribution in [0, 0.1) is 6.92 Å². The summed E-state index contributed by atoms with van der Waals surface area (Å²) < 4.78 is 11.7. The van der Waals surface area contributed by atoms with Crippen molar-refractivity contribution in [1.29, 1.82) is 0 Å². The summed E-state index contributed by atoms with van der Waals surface area (Å²) in [6, 6.07) is 10.8. The Morgan fingerprint density at radius 2 is 1.97 bits per heavy atom. The van der Waals surface area contributed by atoms with Gasteiger partial charge in [0.1, 0.15) is 5.75 Å². The van der Waals surface area contributed by atoms with Crippen molar-refractivity contribution in [3.8, 4) is 5.75 Å². The fourth-order valence-corrected chi connectivity index (χ4v) is 5.84. The van der Waals surface area contributed by atoms with E-state index in [1.165, 1.54) is 23.1 Å². The van der Waals surface area contributed by atoms with Gasteiger partial charge in [0.15, 0.2) is 5.13 Å². The van der Waals surface area contributed by atoms with Crippen LogP contribution in [0.3, 0.4) is 0 Å². The number of hydrogen-bond donors (Lipinski definition) is 4. The summed E-state index contributed by atoms with van der Waals surface area (Å²) >= 11 is 2.84. The van der Waals surface area contributed by atoms with Gasteiger partial charge in [0.25, 0.3) is 11.8 Å². The number of aryl methyl sites for hydroxylation is 1.